The summed E-state index contributed by atoms with van der Waals surface area (Å²) in [4.78, 5) is 2.63. The zero-order valence-electron chi connectivity index (χ0n) is 10.1. The van der Waals surface area contributed by atoms with E-state index in [1.165, 1.54) is 6.07 Å². The average Bonchev–Trinajstić information content (AvgIpc) is 2.37. The predicted molar refractivity (Wildman–Crippen MR) is 66.1 cm³/mol. The van der Waals surface area contributed by atoms with Crippen LogP contribution in [0, 0.1) is 24.1 Å². The van der Waals surface area contributed by atoms with Gasteiger partial charge >= 0.3 is 0 Å². The van der Waals surface area contributed by atoms with Crippen LogP contribution in [-0.2, 0) is 0 Å². The van der Waals surface area contributed by atoms with Crippen LogP contribution in [0.2, 0.25) is 0 Å². The number of halogens is 1. The molecule has 0 bridgehead atoms. The van der Waals surface area contributed by atoms with Crippen LogP contribution < -0.4 is 5.32 Å². The Labute approximate surface area is 105 Å². The summed E-state index contributed by atoms with van der Waals surface area (Å²) in [7, 11) is 0. The molecule has 0 radical (unpaired) electrons. The quantitative estimate of drug-likeness (QED) is 0.362. The Kier molecular flexibility index (Phi) is 5.65. The molecule has 1 unspecified atom stereocenters. The Morgan fingerprint density at radius 3 is 3.00 bits per heavy atom. The Morgan fingerprint density at radius 2 is 2.39 bits per heavy atom. The summed E-state index contributed by atoms with van der Waals surface area (Å²) in [5.41, 5.74) is 9.26. The van der Waals surface area contributed by atoms with Crippen molar-refractivity contribution in [3.05, 3.63) is 45.6 Å². The summed E-state index contributed by atoms with van der Waals surface area (Å²) < 4.78 is 13.4. The number of azide groups is 1. The first-order valence-electron chi connectivity index (χ1n) is 5.59. The number of nitrogens with one attached hydrogen (secondary N) is 1. The van der Waals surface area contributed by atoms with Gasteiger partial charge < -0.3 is 0 Å². The SMILES string of the molecule is Cc1ccc(C(C#N)NCCCN=[N+]=[N-])cc1F. The fourth-order valence-electron chi connectivity index (χ4n) is 1.47. The van der Waals surface area contributed by atoms with Gasteiger partial charge in [0.15, 0.2) is 0 Å². The van der Waals surface area contributed by atoms with Crippen LogP contribution in [0.3, 0.4) is 0 Å². The lowest BCUT2D eigenvalue weighted by Crippen LogP contribution is -2.21. The van der Waals surface area contributed by atoms with E-state index in [2.05, 4.69) is 21.4 Å². The lowest BCUT2D eigenvalue weighted by Gasteiger charge is -2.12. The van der Waals surface area contributed by atoms with Gasteiger partial charge in [-0.05, 0) is 42.6 Å². The van der Waals surface area contributed by atoms with Crippen LogP contribution in [0.15, 0.2) is 23.3 Å². The van der Waals surface area contributed by atoms with Crippen molar-refractivity contribution in [2.75, 3.05) is 13.1 Å². The first-order chi connectivity index (χ1) is 8.69. The van der Waals surface area contributed by atoms with Crippen molar-refractivity contribution in [2.45, 2.75) is 19.4 Å². The molecule has 6 heteroatoms. The van der Waals surface area contributed by atoms with Crippen LogP contribution >= 0.6 is 0 Å². The Bertz CT molecular complexity index is 488. The molecule has 0 heterocycles. The molecule has 0 fully saturated rings. The Morgan fingerprint density at radius 1 is 1.61 bits per heavy atom. The highest BCUT2D eigenvalue weighted by Gasteiger charge is 2.10. The van der Waals surface area contributed by atoms with Crippen LogP contribution in [0.25, 0.3) is 10.4 Å². The molecule has 0 aliphatic rings. The number of nitriles is 1. The largest absolute Gasteiger partial charge is 0.298 e. The molecule has 1 N–H and O–H groups in total. The van der Waals surface area contributed by atoms with Crippen LogP contribution in [-0.4, -0.2) is 13.1 Å². The molecular weight excluding hydrogens is 233 g/mol. The first-order valence-corrected chi connectivity index (χ1v) is 5.59. The number of aryl methyl sites for hydroxylation is 1. The van der Waals surface area contributed by atoms with Gasteiger partial charge in [0, 0.05) is 11.5 Å². The summed E-state index contributed by atoms with van der Waals surface area (Å²) in [5, 5.41) is 15.4. The van der Waals surface area contributed by atoms with Crippen molar-refractivity contribution < 1.29 is 4.39 Å². The maximum absolute atomic E-state index is 13.4. The summed E-state index contributed by atoms with van der Waals surface area (Å²) in [6.45, 7) is 2.59. The predicted octanol–water partition coefficient (Wildman–Crippen LogP) is 2.99. The molecule has 0 aromatic heterocycles. The average molecular weight is 247 g/mol. The Balaban J connectivity index is 2.58. The van der Waals surface area contributed by atoms with E-state index in [9.17, 15) is 4.39 Å². The van der Waals surface area contributed by atoms with Gasteiger partial charge in [0.1, 0.15) is 11.9 Å². The van der Waals surface area contributed by atoms with Crippen molar-refractivity contribution in [1.82, 2.24) is 5.32 Å². The van der Waals surface area contributed by atoms with E-state index in [0.717, 1.165) is 0 Å². The maximum atomic E-state index is 13.4. The van der Waals surface area contributed by atoms with E-state index in [-0.39, 0.29) is 5.82 Å². The molecule has 1 aromatic carbocycles. The summed E-state index contributed by atoms with van der Waals surface area (Å²) >= 11 is 0. The number of rotatable bonds is 6. The van der Waals surface area contributed by atoms with Gasteiger partial charge in [-0.25, -0.2) is 4.39 Å². The molecule has 0 aliphatic carbocycles. The molecular formula is C12H14FN5. The second kappa shape index (κ2) is 7.28. The molecule has 0 aliphatic heterocycles. The molecule has 94 valence electrons. The Hall–Kier alpha value is -2.09. The maximum Gasteiger partial charge on any atom is 0.126 e. The minimum atomic E-state index is -0.550. The zero-order chi connectivity index (χ0) is 13.4. The topological polar surface area (TPSA) is 84.6 Å². The van der Waals surface area contributed by atoms with Gasteiger partial charge in [-0.3, -0.25) is 5.32 Å². The molecule has 0 saturated carbocycles. The van der Waals surface area contributed by atoms with E-state index >= 15 is 0 Å². The van der Waals surface area contributed by atoms with Gasteiger partial charge in [-0.2, -0.15) is 5.26 Å². The lowest BCUT2D eigenvalue weighted by molar-refractivity contribution is 0.590. The third-order valence-corrected chi connectivity index (χ3v) is 2.50. The van der Waals surface area contributed by atoms with Gasteiger partial charge in [0.25, 0.3) is 0 Å². The number of benzene rings is 1. The number of hydrogen-bond donors (Lipinski definition) is 1. The van der Waals surface area contributed by atoms with Crippen molar-refractivity contribution >= 4 is 0 Å². The smallest absolute Gasteiger partial charge is 0.126 e. The van der Waals surface area contributed by atoms with Crippen molar-refractivity contribution in [1.29, 1.82) is 5.26 Å². The monoisotopic (exact) mass is 247 g/mol. The number of nitrogens with zero attached hydrogens (tertiary/aromatic N) is 4. The summed E-state index contributed by atoms with van der Waals surface area (Å²) in [5.74, 6) is -0.316. The minimum Gasteiger partial charge on any atom is -0.298 e. The third-order valence-electron chi connectivity index (χ3n) is 2.50. The van der Waals surface area contributed by atoms with Gasteiger partial charge in [0.2, 0.25) is 0 Å². The van der Waals surface area contributed by atoms with Crippen molar-refractivity contribution in [3.63, 3.8) is 0 Å². The third kappa shape index (κ3) is 4.06. The normalized spacial score (nSPS) is 11.4. The van der Waals surface area contributed by atoms with E-state index in [1.807, 2.05) is 0 Å². The minimum absolute atomic E-state index is 0.316. The standard InChI is InChI=1S/C12H14FN5/c1-9-3-4-10(7-11(9)13)12(8-14)16-5-2-6-17-18-15/h3-4,7,12,16H,2,5-6H2,1H3. The molecule has 5 nitrogen and oxygen atoms in total. The molecule has 0 spiro atoms. The molecule has 1 aromatic rings. The summed E-state index contributed by atoms with van der Waals surface area (Å²) in [6, 6.07) is 6.27. The molecule has 0 amide bonds. The van der Waals surface area contributed by atoms with Crippen LogP contribution in [0.1, 0.15) is 23.6 Å². The molecule has 0 saturated heterocycles. The summed E-state index contributed by atoms with van der Waals surface area (Å²) in [6.07, 6.45) is 0.635. The fraction of sp³-hybridized carbons (Fsp3) is 0.417. The second-order valence-corrected chi connectivity index (χ2v) is 3.83. The molecule has 1 rings (SSSR count). The fourth-order valence-corrected chi connectivity index (χ4v) is 1.47. The van der Waals surface area contributed by atoms with Gasteiger partial charge in [-0.1, -0.05) is 17.2 Å². The zero-order valence-corrected chi connectivity index (χ0v) is 10.1. The van der Waals surface area contributed by atoms with E-state index in [4.69, 9.17) is 10.8 Å². The highest BCUT2D eigenvalue weighted by atomic mass is 19.1. The highest BCUT2D eigenvalue weighted by Crippen LogP contribution is 2.16. The second-order valence-electron chi connectivity index (χ2n) is 3.83. The first kappa shape index (κ1) is 14.0. The van der Waals surface area contributed by atoms with E-state index in [0.29, 0.717) is 30.6 Å². The van der Waals surface area contributed by atoms with Crippen LogP contribution in [0.5, 0.6) is 0 Å². The van der Waals surface area contributed by atoms with Crippen LogP contribution in [0.4, 0.5) is 4.39 Å². The van der Waals surface area contributed by atoms with Gasteiger partial charge in [0.05, 0.1) is 6.07 Å². The van der Waals surface area contributed by atoms with Crippen molar-refractivity contribution in [3.8, 4) is 6.07 Å². The highest BCUT2D eigenvalue weighted by molar-refractivity contribution is 5.28. The van der Waals surface area contributed by atoms with E-state index in [1.54, 1.807) is 19.1 Å². The van der Waals surface area contributed by atoms with E-state index < -0.39 is 6.04 Å². The molecule has 18 heavy (non-hydrogen) atoms. The lowest BCUT2D eigenvalue weighted by atomic mass is 10.1. The van der Waals surface area contributed by atoms with Gasteiger partial charge in [-0.15, -0.1) is 0 Å². The number of hydrogen-bond acceptors (Lipinski definition) is 3. The molecule has 1 atom stereocenters. The van der Waals surface area contributed by atoms with Crippen molar-refractivity contribution in [2.24, 2.45) is 5.11 Å².